The molecule has 1 unspecified atom stereocenters. The van der Waals surface area contributed by atoms with Gasteiger partial charge in [-0.05, 0) is 60.0 Å². The van der Waals surface area contributed by atoms with Crippen molar-refractivity contribution in [3.05, 3.63) is 64.7 Å². The number of halogens is 1. The van der Waals surface area contributed by atoms with Crippen molar-refractivity contribution < 1.29 is 23.9 Å². The summed E-state index contributed by atoms with van der Waals surface area (Å²) in [6.07, 6.45) is 1.49. The lowest BCUT2D eigenvalue weighted by Gasteiger charge is -2.26. The molecule has 1 atom stereocenters. The predicted octanol–water partition coefficient (Wildman–Crippen LogP) is 2.48. The Kier molecular flexibility index (Phi) is 9.63. The fraction of sp³-hybridized carbons (Fsp3) is 0.360. The van der Waals surface area contributed by atoms with Crippen LogP contribution in [0.3, 0.4) is 0 Å². The van der Waals surface area contributed by atoms with Gasteiger partial charge in [0.2, 0.25) is 0 Å². The minimum absolute atomic E-state index is 0.0399. The Balaban J connectivity index is 1.48. The largest absolute Gasteiger partial charge is 0.484 e. The number of carbonyl (C=O) groups excluding carboxylic acids is 3. The monoisotopic (exact) mass is 500 g/mol. The maximum atomic E-state index is 12.6. The number of amides is 3. The second kappa shape index (κ2) is 12.9. The second-order valence-corrected chi connectivity index (χ2v) is 8.72. The Morgan fingerprint density at radius 1 is 1.09 bits per heavy atom. The Morgan fingerprint density at radius 3 is 2.37 bits per heavy atom. The topological polar surface area (TPSA) is 109 Å². The molecule has 1 fully saturated rings. The molecule has 9 nitrogen and oxygen atoms in total. The van der Waals surface area contributed by atoms with E-state index in [9.17, 15) is 14.4 Å². The number of rotatable bonds is 9. The van der Waals surface area contributed by atoms with Gasteiger partial charge < -0.3 is 19.7 Å². The SMILES string of the molecule is CC(C)C(NC(=O)c1ccc(Cl)cc1)C(=O)N/N=C/c1ccc(OCC(=O)N2CCOCC2)cc1. The smallest absolute Gasteiger partial charge is 0.262 e. The van der Waals surface area contributed by atoms with Gasteiger partial charge in [-0.15, -0.1) is 0 Å². The average Bonchev–Trinajstić information content (AvgIpc) is 2.87. The van der Waals surface area contributed by atoms with Crippen molar-refractivity contribution in [2.45, 2.75) is 19.9 Å². The number of nitrogens with zero attached hydrogens (tertiary/aromatic N) is 2. The molecule has 0 radical (unpaired) electrons. The minimum atomic E-state index is -0.768. The normalized spacial score (nSPS) is 14.6. The molecule has 186 valence electrons. The summed E-state index contributed by atoms with van der Waals surface area (Å²) in [5.41, 5.74) is 3.61. The fourth-order valence-electron chi connectivity index (χ4n) is 3.30. The van der Waals surface area contributed by atoms with Crippen LogP contribution in [-0.2, 0) is 14.3 Å². The summed E-state index contributed by atoms with van der Waals surface area (Å²) in [4.78, 5) is 39.0. The van der Waals surface area contributed by atoms with Crippen molar-refractivity contribution in [3.63, 3.8) is 0 Å². The molecule has 1 saturated heterocycles. The Labute approximate surface area is 209 Å². The van der Waals surface area contributed by atoms with Gasteiger partial charge >= 0.3 is 0 Å². The highest BCUT2D eigenvalue weighted by Gasteiger charge is 2.24. The van der Waals surface area contributed by atoms with Gasteiger partial charge in [0, 0.05) is 23.7 Å². The summed E-state index contributed by atoms with van der Waals surface area (Å²) in [5.74, 6) is -0.484. The predicted molar refractivity (Wildman–Crippen MR) is 133 cm³/mol. The van der Waals surface area contributed by atoms with Crippen molar-refractivity contribution in [2.24, 2.45) is 11.0 Å². The van der Waals surface area contributed by atoms with Gasteiger partial charge in [0.15, 0.2) is 6.61 Å². The average molecular weight is 501 g/mol. The quantitative estimate of drug-likeness (QED) is 0.406. The third-order valence-corrected chi connectivity index (χ3v) is 5.59. The van der Waals surface area contributed by atoms with Crippen LogP contribution < -0.4 is 15.5 Å². The van der Waals surface area contributed by atoms with Crippen LogP contribution >= 0.6 is 11.6 Å². The van der Waals surface area contributed by atoms with Crippen molar-refractivity contribution in [2.75, 3.05) is 32.9 Å². The van der Waals surface area contributed by atoms with E-state index in [1.807, 2.05) is 13.8 Å². The van der Waals surface area contributed by atoms with Crippen molar-refractivity contribution in [1.29, 1.82) is 0 Å². The molecule has 2 N–H and O–H groups in total. The Morgan fingerprint density at radius 2 is 1.74 bits per heavy atom. The molecule has 2 aromatic carbocycles. The van der Waals surface area contributed by atoms with Gasteiger partial charge in [-0.1, -0.05) is 25.4 Å². The van der Waals surface area contributed by atoms with Crippen LogP contribution in [0, 0.1) is 5.92 Å². The molecule has 0 bridgehead atoms. The lowest BCUT2D eigenvalue weighted by Crippen LogP contribution is -2.48. The standard InChI is InChI=1S/C25H29ClN4O5/c1-17(2)23(28-24(32)19-5-7-20(26)8-6-19)25(33)29-27-15-18-3-9-21(10-4-18)35-16-22(31)30-11-13-34-14-12-30/h3-10,15,17,23H,11-14,16H2,1-2H3,(H,28,32)(H,29,33)/b27-15+. The number of nitrogens with one attached hydrogen (secondary N) is 2. The zero-order valence-corrected chi connectivity index (χ0v) is 20.5. The number of hydrogen-bond acceptors (Lipinski definition) is 6. The van der Waals surface area contributed by atoms with Gasteiger partial charge in [0.1, 0.15) is 11.8 Å². The third kappa shape index (κ3) is 8.08. The van der Waals surface area contributed by atoms with Gasteiger partial charge in [0.05, 0.1) is 19.4 Å². The molecule has 0 aromatic heterocycles. The van der Waals surface area contributed by atoms with Crippen LogP contribution in [0.2, 0.25) is 5.02 Å². The molecule has 2 aromatic rings. The number of morpholine rings is 1. The lowest BCUT2D eigenvalue weighted by molar-refractivity contribution is -0.137. The fourth-order valence-corrected chi connectivity index (χ4v) is 3.43. The van der Waals surface area contributed by atoms with Crippen LogP contribution in [0.15, 0.2) is 53.6 Å². The number of carbonyl (C=O) groups is 3. The highest BCUT2D eigenvalue weighted by Crippen LogP contribution is 2.12. The van der Waals surface area contributed by atoms with E-state index in [4.69, 9.17) is 21.1 Å². The van der Waals surface area contributed by atoms with E-state index < -0.39 is 11.9 Å². The molecular formula is C25H29ClN4O5. The summed E-state index contributed by atoms with van der Waals surface area (Å²) < 4.78 is 10.8. The zero-order valence-electron chi connectivity index (χ0n) is 19.7. The highest BCUT2D eigenvalue weighted by molar-refractivity contribution is 6.30. The van der Waals surface area contributed by atoms with Crippen LogP contribution in [0.5, 0.6) is 5.75 Å². The van der Waals surface area contributed by atoms with E-state index in [0.717, 1.165) is 5.56 Å². The number of ether oxygens (including phenoxy) is 2. The Hall–Kier alpha value is -3.43. The van der Waals surface area contributed by atoms with Crippen molar-refractivity contribution in [1.82, 2.24) is 15.6 Å². The Bertz CT molecular complexity index is 1030. The maximum absolute atomic E-state index is 12.6. The molecule has 0 saturated carbocycles. The molecule has 1 aliphatic rings. The second-order valence-electron chi connectivity index (χ2n) is 8.29. The molecule has 1 heterocycles. The van der Waals surface area contributed by atoms with Crippen molar-refractivity contribution in [3.8, 4) is 5.75 Å². The summed E-state index contributed by atoms with van der Waals surface area (Å²) >= 11 is 5.86. The van der Waals surface area contributed by atoms with Gasteiger partial charge in [0.25, 0.3) is 17.7 Å². The molecule has 1 aliphatic heterocycles. The van der Waals surface area contributed by atoms with E-state index >= 15 is 0 Å². The lowest BCUT2D eigenvalue weighted by atomic mass is 10.0. The van der Waals surface area contributed by atoms with Crippen LogP contribution in [0.4, 0.5) is 0 Å². The summed E-state index contributed by atoms with van der Waals surface area (Å²) in [5, 5.41) is 7.25. The first-order chi connectivity index (χ1) is 16.8. The molecule has 3 rings (SSSR count). The third-order valence-electron chi connectivity index (χ3n) is 5.34. The van der Waals surface area contributed by atoms with Crippen LogP contribution in [0.1, 0.15) is 29.8 Å². The van der Waals surface area contributed by atoms with Gasteiger partial charge in [-0.25, -0.2) is 5.43 Å². The first-order valence-electron chi connectivity index (χ1n) is 11.3. The number of benzene rings is 2. The zero-order chi connectivity index (χ0) is 25.2. The molecule has 10 heteroatoms. The summed E-state index contributed by atoms with van der Waals surface area (Å²) in [6.45, 7) is 5.86. The van der Waals surface area contributed by atoms with E-state index in [1.165, 1.54) is 6.21 Å². The van der Waals surface area contributed by atoms with Gasteiger partial charge in [-0.3, -0.25) is 14.4 Å². The maximum Gasteiger partial charge on any atom is 0.262 e. The molecule has 3 amide bonds. The van der Waals surface area contributed by atoms with Crippen molar-refractivity contribution >= 4 is 35.5 Å². The van der Waals surface area contributed by atoms with E-state index in [-0.39, 0.29) is 24.3 Å². The highest BCUT2D eigenvalue weighted by atomic mass is 35.5. The number of hydrazone groups is 1. The molecule has 0 spiro atoms. The molecule has 35 heavy (non-hydrogen) atoms. The van der Waals surface area contributed by atoms with E-state index in [0.29, 0.717) is 42.6 Å². The minimum Gasteiger partial charge on any atom is -0.484 e. The number of hydrogen-bond donors (Lipinski definition) is 2. The van der Waals surface area contributed by atoms with E-state index in [1.54, 1.807) is 53.4 Å². The summed E-state index contributed by atoms with van der Waals surface area (Å²) in [6, 6.07) is 12.6. The van der Waals surface area contributed by atoms with Crippen LogP contribution in [0.25, 0.3) is 0 Å². The molecule has 0 aliphatic carbocycles. The summed E-state index contributed by atoms with van der Waals surface area (Å²) in [7, 11) is 0. The van der Waals surface area contributed by atoms with Crippen LogP contribution in [-0.4, -0.2) is 67.8 Å². The van der Waals surface area contributed by atoms with Gasteiger partial charge in [-0.2, -0.15) is 5.10 Å². The molecular weight excluding hydrogens is 472 g/mol. The van der Waals surface area contributed by atoms with E-state index in [2.05, 4.69) is 15.8 Å². The first-order valence-corrected chi connectivity index (χ1v) is 11.7. The first kappa shape index (κ1) is 26.2.